The fraction of sp³-hybridized carbons (Fsp3) is 0.615. The van der Waals surface area contributed by atoms with Crippen LogP contribution >= 0.6 is 11.5 Å². The highest BCUT2D eigenvalue weighted by Crippen LogP contribution is 2.32. The summed E-state index contributed by atoms with van der Waals surface area (Å²) in [6.07, 6.45) is 4.85. The number of sulfone groups is 1. The second-order valence-electron chi connectivity index (χ2n) is 5.71. The van der Waals surface area contributed by atoms with Crippen LogP contribution in [0.25, 0.3) is 0 Å². The first-order chi connectivity index (χ1) is 10.4. The molecule has 0 radical (unpaired) electrons. The summed E-state index contributed by atoms with van der Waals surface area (Å²) in [7, 11) is -1.29. The Morgan fingerprint density at radius 2 is 2.09 bits per heavy atom. The molecule has 0 saturated carbocycles. The number of aromatic nitrogens is 4. The van der Waals surface area contributed by atoms with Gasteiger partial charge in [-0.3, -0.25) is 9.58 Å². The van der Waals surface area contributed by atoms with E-state index in [-0.39, 0.29) is 5.92 Å². The van der Waals surface area contributed by atoms with E-state index in [0.717, 1.165) is 44.0 Å². The Hall–Kier alpha value is -1.32. The summed E-state index contributed by atoms with van der Waals surface area (Å²) < 4.78 is 29.6. The SMILES string of the molecule is Cn1nccc1CN1CCC(c2nnsc2S(C)(=O)=O)CC1. The van der Waals surface area contributed by atoms with Crippen LogP contribution in [0.5, 0.6) is 0 Å². The zero-order chi connectivity index (χ0) is 15.7. The number of piperidine rings is 1. The summed E-state index contributed by atoms with van der Waals surface area (Å²) in [4.78, 5) is 2.37. The number of nitrogens with zero attached hydrogens (tertiary/aromatic N) is 5. The van der Waals surface area contributed by atoms with Crippen LogP contribution in [0.15, 0.2) is 16.5 Å². The number of aryl methyl sites for hydroxylation is 1. The van der Waals surface area contributed by atoms with Gasteiger partial charge < -0.3 is 0 Å². The summed E-state index contributed by atoms with van der Waals surface area (Å²) in [5, 5.41) is 8.26. The standard InChI is InChI=1S/C13H19N5O2S2/c1-17-11(3-6-14-17)9-18-7-4-10(5-8-18)12-13(21-16-15-12)22(2,19)20/h3,6,10H,4-5,7-9H2,1-2H3. The van der Waals surface area contributed by atoms with Gasteiger partial charge in [-0.15, -0.1) is 5.10 Å². The van der Waals surface area contributed by atoms with Crippen LogP contribution in [-0.2, 0) is 23.4 Å². The number of likely N-dealkylation sites (tertiary alicyclic amines) is 1. The molecule has 2 aromatic heterocycles. The second-order valence-corrected chi connectivity index (χ2v) is 8.68. The van der Waals surface area contributed by atoms with E-state index in [0.29, 0.717) is 9.90 Å². The molecule has 1 fully saturated rings. The van der Waals surface area contributed by atoms with Gasteiger partial charge in [0.25, 0.3) is 0 Å². The smallest absolute Gasteiger partial charge is 0.188 e. The van der Waals surface area contributed by atoms with E-state index in [4.69, 9.17) is 0 Å². The van der Waals surface area contributed by atoms with Crippen molar-refractivity contribution in [2.24, 2.45) is 7.05 Å². The molecule has 0 spiro atoms. The summed E-state index contributed by atoms with van der Waals surface area (Å²) in [5.41, 5.74) is 1.85. The third kappa shape index (κ3) is 3.21. The summed E-state index contributed by atoms with van der Waals surface area (Å²) in [5.74, 6) is 0.186. The molecule has 0 aliphatic carbocycles. The maximum Gasteiger partial charge on any atom is 0.188 e. The average Bonchev–Trinajstić information content (AvgIpc) is 3.09. The minimum Gasteiger partial charge on any atom is -0.297 e. The molecule has 1 aliphatic rings. The third-order valence-electron chi connectivity index (χ3n) is 4.10. The Bertz CT molecular complexity index is 744. The predicted octanol–water partition coefficient (Wildman–Crippen LogP) is 1.05. The van der Waals surface area contributed by atoms with Crippen LogP contribution in [-0.4, -0.2) is 52.0 Å². The molecule has 120 valence electrons. The van der Waals surface area contributed by atoms with Crippen LogP contribution in [0.3, 0.4) is 0 Å². The number of rotatable bonds is 4. The van der Waals surface area contributed by atoms with Crippen molar-refractivity contribution in [1.29, 1.82) is 0 Å². The molecule has 0 amide bonds. The highest BCUT2D eigenvalue weighted by atomic mass is 32.2. The van der Waals surface area contributed by atoms with Gasteiger partial charge in [-0.1, -0.05) is 4.49 Å². The fourth-order valence-corrected chi connectivity index (χ4v) is 4.58. The van der Waals surface area contributed by atoms with E-state index in [2.05, 4.69) is 19.6 Å². The number of hydrogen-bond donors (Lipinski definition) is 0. The maximum absolute atomic E-state index is 11.8. The number of hydrogen-bond acceptors (Lipinski definition) is 7. The molecular formula is C13H19N5O2S2. The lowest BCUT2D eigenvalue weighted by atomic mass is 9.94. The topological polar surface area (TPSA) is 81.0 Å². The van der Waals surface area contributed by atoms with Gasteiger partial charge in [-0.2, -0.15) is 5.10 Å². The highest BCUT2D eigenvalue weighted by molar-refractivity contribution is 7.92. The molecule has 3 rings (SSSR count). The van der Waals surface area contributed by atoms with E-state index in [1.165, 1.54) is 11.9 Å². The molecular weight excluding hydrogens is 322 g/mol. The van der Waals surface area contributed by atoms with Crippen LogP contribution in [0.2, 0.25) is 0 Å². The molecule has 7 nitrogen and oxygen atoms in total. The minimum absolute atomic E-state index is 0.186. The molecule has 0 atom stereocenters. The first kappa shape index (κ1) is 15.6. The largest absolute Gasteiger partial charge is 0.297 e. The van der Waals surface area contributed by atoms with E-state index >= 15 is 0 Å². The van der Waals surface area contributed by atoms with Gasteiger partial charge in [-0.25, -0.2) is 8.42 Å². The van der Waals surface area contributed by atoms with E-state index in [1.54, 1.807) is 6.20 Å². The molecule has 9 heteroatoms. The Kier molecular flexibility index (Phi) is 4.28. The van der Waals surface area contributed by atoms with Gasteiger partial charge >= 0.3 is 0 Å². The average molecular weight is 341 g/mol. The minimum atomic E-state index is -3.23. The quantitative estimate of drug-likeness (QED) is 0.827. The van der Waals surface area contributed by atoms with Gasteiger partial charge in [0.15, 0.2) is 14.0 Å². The first-order valence-corrected chi connectivity index (χ1v) is 9.83. The zero-order valence-electron chi connectivity index (χ0n) is 12.6. The van der Waals surface area contributed by atoms with E-state index in [1.807, 2.05) is 17.8 Å². The van der Waals surface area contributed by atoms with Crippen LogP contribution < -0.4 is 0 Å². The summed E-state index contributed by atoms with van der Waals surface area (Å²) in [6, 6.07) is 2.03. The Morgan fingerprint density at radius 1 is 1.36 bits per heavy atom. The Balaban J connectivity index is 1.65. The molecule has 1 saturated heterocycles. The van der Waals surface area contributed by atoms with Crippen molar-refractivity contribution in [1.82, 2.24) is 24.3 Å². The van der Waals surface area contributed by atoms with E-state index < -0.39 is 9.84 Å². The molecule has 3 heterocycles. The third-order valence-corrected chi connectivity index (χ3v) is 6.65. The van der Waals surface area contributed by atoms with Crippen molar-refractivity contribution >= 4 is 21.4 Å². The highest BCUT2D eigenvalue weighted by Gasteiger charge is 2.28. The summed E-state index contributed by atoms with van der Waals surface area (Å²) >= 11 is 0.982. The Morgan fingerprint density at radius 3 is 2.68 bits per heavy atom. The molecule has 0 unspecified atom stereocenters. The van der Waals surface area contributed by atoms with Crippen LogP contribution in [0.1, 0.15) is 30.1 Å². The van der Waals surface area contributed by atoms with Gasteiger partial charge in [0.05, 0.1) is 11.4 Å². The van der Waals surface area contributed by atoms with Crippen molar-refractivity contribution in [2.75, 3.05) is 19.3 Å². The summed E-state index contributed by atoms with van der Waals surface area (Å²) in [6.45, 7) is 2.73. The van der Waals surface area contributed by atoms with Crippen molar-refractivity contribution in [2.45, 2.75) is 29.5 Å². The fourth-order valence-electron chi connectivity index (χ4n) is 2.85. The lowest BCUT2D eigenvalue weighted by Crippen LogP contribution is -2.33. The van der Waals surface area contributed by atoms with Crippen molar-refractivity contribution in [3.63, 3.8) is 0 Å². The monoisotopic (exact) mass is 341 g/mol. The van der Waals surface area contributed by atoms with Gasteiger partial charge in [-0.05, 0) is 32.0 Å². The molecule has 0 aromatic carbocycles. The molecule has 22 heavy (non-hydrogen) atoms. The van der Waals surface area contributed by atoms with Crippen molar-refractivity contribution in [3.8, 4) is 0 Å². The second kappa shape index (κ2) is 6.05. The molecule has 1 aliphatic heterocycles. The van der Waals surface area contributed by atoms with Crippen molar-refractivity contribution < 1.29 is 8.42 Å². The van der Waals surface area contributed by atoms with E-state index in [9.17, 15) is 8.42 Å². The molecule has 2 aromatic rings. The molecule has 0 bridgehead atoms. The van der Waals surface area contributed by atoms with Crippen molar-refractivity contribution in [3.05, 3.63) is 23.7 Å². The normalized spacial score (nSPS) is 17.9. The zero-order valence-corrected chi connectivity index (χ0v) is 14.3. The lowest BCUT2D eigenvalue weighted by Gasteiger charge is -2.31. The Labute approximate surface area is 134 Å². The first-order valence-electron chi connectivity index (χ1n) is 7.16. The van der Waals surface area contributed by atoms with Gasteiger partial charge in [0.1, 0.15) is 0 Å². The lowest BCUT2D eigenvalue weighted by molar-refractivity contribution is 0.198. The van der Waals surface area contributed by atoms with Crippen LogP contribution in [0, 0.1) is 0 Å². The molecule has 0 N–H and O–H groups in total. The van der Waals surface area contributed by atoms with Gasteiger partial charge in [0, 0.05) is 43.5 Å². The maximum atomic E-state index is 11.8. The van der Waals surface area contributed by atoms with Gasteiger partial charge in [0.2, 0.25) is 0 Å². The predicted molar refractivity (Wildman–Crippen MR) is 83.5 cm³/mol. The van der Waals surface area contributed by atoms with Crippen LogP contribution in [0.4, 0.5) is 0 Å².